The van der Waals surface area contributed by atoms with Crippen molar-refractivity contribution in [3.05, 3.63) is 25.3 Å². The second-order valence-corrected chi connectivity index (χ2v) is 3.79. The molecule has 0 aliphatic rings. The highest BCUT2D eigenvalue weighted by atomic mass is 35.5. The molecule has 0 atom stereocenters. The minimum atomic E-state index is -3.83. The molecular weight excluding hydrogens is 202 g/mol. The normalized spacial score (nSPS) is 11.5. The van der Waals surface area contributed by atoms with Gasteiger partial charge in [-0.1, -0.05) is 12.2 Å². The molecule has 4 nitrogen and oxygen atoms in total. The van der Waals surface area contributed by atoms with Crippen LogP contribution in [-0.2, 0) is 14.0 Å². The third-order valence-corrected chi connectivity index (χ3v) is 2.63. The molecule has 0 radical (unpaired) electrons. The zero-order valence-corrected chi connectivity index (χ0v) is 8.01. The Morgan fingerprint density at radius 1 is 1.33 bits per heavy atom. The van der Waals surface area contributed by atoms with Crippen LogP contribution in [0.1, 0.15) is 0 Å². The van der Waals surface area contributed by atoms with Crippen molar-refractivity contribution in [3.8, 4) is 0 Å². The molecular formula is C6H10ClNO3S. The van der Waals surface area contributed by atoms with Crippen molar-refractivity contribution >= 4 is 22.2 Å². The fraction of sp³-hybridized carbons (Fsp3) is 0.333. The van der Waals surface area contributed by atoms with E-state index in [4.69, 9.17) is 11.9 Å². The maximum absolute atomic E-state index is 11.0. The third-order valence-electron chi connectivity index (χ3n) is 1.06. The monoisotopic (exact) mass is 211 g/mol. The van der Waals surface area contributed by atoms with Crippen LogP contribution in [0.5, 0.6) is 0 Å². The number of hydrogen-bond donors (Lipinski definition) is 0. The number of nitrogens with zero attached hydrogens (tertiary/aromatic N) is 1. The Morgan fingerprint density at radius 3 is 2.00 bits per heavy atom. The molecule has 0 unspecified atom stereocenters. The van der Waals surface area contributed by atoms with Crippen LogP contribution in [0, 0.1) is 0 Å². The molecule has 0 rings (SSSR count). The van der Waals surface area contributed by atoms with E-state index >= 15 is 0 Å². The van der Waals surface area contributed by atoms with E-state index in [9.17, 15) is 8.42 Å². The topological polar surface area (TPSA) is 46.6 Å². The SMILES string of the molecule is C=CCN(CC=C)S(=O)(=O)OCl. The summed E-state index contributed by atoms with van der Waals surface area (Å²) in [6.45, 7) is 7.06. The van der Waals surface area contributed by atoms with E-state index in [0.29, 0.717) is 0 Å². The summed E-state index contributed by atoms with van der Waals surface area (Å²) in [7, 11) is -3.83. The first-order chi connectivity index (χ1) is 5.58. The Labute approximate surface area is 77.5 Å². The Balaban J connectivity index is 4.48. The second kappa shape index (κ2) is 5.31. The average Bonchev–Trinajstić information content (AvgIpc) is 2.04. The van der Waals surface area contributed by atoms with Gasteiger partial charge in [0.1, 0.15) is 0 Å². The van der Waals surface area contributed by atoms with Crippen LogP contribution in [0.2, 0.25) is 0 Å². The molecule has 0 saturated heterocycles. The Bertz CT molecular complexity index is 240. The smallest absolute Gasteiger partial charge is 0.180 e. The molecule has 0 aromatic carbocycles. The van der Waals surface area contributed by atoms with Gasteiger partial charge in [-0.3, -0.25) is 0 Å². The Morgan fingerprint density at radius 2 is 1.75 bits per heavy atom. The van der Waals surface area contributed by atoms with E-state index in [0.717, 1.165) is 4.31 Å². The zero-order chi connectivity index (χ0) is 9.61. The predicted octanol–water partition coefficient (Wildman–Crippen LogP) is 1.08. The summed E-state index contributed by atoms with van der Waals surface area (Å²) in [5, 5.41) is 0. The number of rotatable bonds is 6. The van der Waals surface area contributed by atoms with Crippen molar-refractivity contribution in [2.24, 2.45) is 0 Å². The van der Waals surface area contributed by atoms with Gasteiger partial charge in [-0.15, -0.1) is 16.9 Å². The molecule has 0 aliphatic carbocycles. The van der Waals surface area contributed by atoms with E-state index in [1.807, 2.05) is 0 Å². The third kappa shape index (κ3) is 3.36. The zero-order valence-electron chi connectivity index (χ0n) is 6.44. The van der Waals surface area contributed by atoms with Gasteiger partial charge in [0.05, 0.1) is 11.9 Å². The highest BCUT2D eigenvalue weighted by Gasteiger charge is 2.19. The van der Waals surface area contributed by atoms with E-state index in [-0.39, 0.29) is 13.1 Å². The Hall–Kier alpha value is -0.360. The summed E-state index contributed by atoms with van der Waals surface area (Å²) in [5.74, 6) is 0. The molecule has 0 bridgehead atoms. The molecule has 6 heteroatoms. The lowest BCUT2D eigenvalue weighted by molar-refractivity contribution is 0.406. The van der Waals surface area contributed by atoms with Crippen LogP contribution in [0.25, 0.3) is 0 Å². The fourth-order valence-electron chi connectivity index (χ4n) is 0.585. The van der Waals surface area contributed by atoms with Crippen LogP contribution in [-0.4, -0.2) is 25.8 Å². The second-order valence-electron chi connectivity index (χ2n) is 1.92. The average molecular weight is 212 g/mol. The van der Waals surface area contributed by atoms with Crippen molar-refractivity contribution < 1.29 is 12.2 Å². The van der Waals surface area contributed by atoms with Crippen molar-refractivity contribution in [2.75, 3.05) is 13.1 Å². The van der Waals surface area contributed by atoms with E-state index in [1.165, 1.54) is 12.2 Å². The van der Waals surface area contributed by atoms with Gasteiger partial charge in [0.15, 0.2) is 0 Å². The Kier molecular flexibility index (Phi) is 5.16. The molecule has 0 aromatic heterocycles. The predicted molar refractivity (Wildman–Crippen MR) is 47.8 cm³/mol. The molecule has 0 spiro atoms. The number of hydrogen-bond acceptors (Lipinski definition) is 3. The minimum absolute atomic E-state index is 0.140. The van der Waals surface area contributed by atoms with Crippen LogP contribution < -0.4 is 0 Å². The minimum Gasteiger partial charge on any atom is -0.180 e. The molecule has 70 valence electrons. The van der Waals surface area contributed by atoms with Gasteiger partial charge in [0, 0.05) is 13.1 Å². The molecule has 0 amide bonds. The molecule has 0 heterocycles. The van der Waals surface area contributed by atoms with Gasteiger partial charge in [-0.2, -0.15) is 12.7 Å². The highest BCUT2D eigenvalue weighted by Crippen LogP contribution is 2.04. The lowest BCUT2D eigenvalue weighted by Gasteiger charge is -2.14. The first-order valence-corrected chi connectivity index (χ1v) is 4.78. The van der Waals surface area contributed by atoms with Crippen LogP contribution in [0.3, 0.4) is 0 Å². The largest absolute Gasteiger partial charge is 0.355 e. The fourth-order valence-corrected chi connectivity index (χ4v) is 1.48. The summed E-state index contributed by atoms with van der Waals surface area (Å²) >= 11 is 4.76. The van der Waals surface area contributed by atoms with E-state index < -0.39 is 10.3 Å². The summed E-state index contributed by atoms with van der Waals surface area (Å²) in [5.41, 5.74) is 0. The van der Waals surface area contributed by atoms with Gasteiger partial charge < -0.3 is 0 Å². The van der Waals surface area contributed by atoms with Gasteiger partial charge in [0.25, 0.3) is 0 Å². The van der Waals surface area contributed by atoms with E-state index in [2.05, 4.69) is 16.9 Å². The van der Waals surface area contributed by atoms with Crippen molar-refractivity contribution in [2.45, 2.75) is 0 Å². The van der Waals surface area contributed by atoms with Gasteiger partial charge in [0.2, 0.25) is 0 Å². The van der Waals surface area contributed by atoms with E-state index in [1.54, 1.807) is 0 Å². The summed E-state index contributed by atoms with van der Waals surface area (Å²) in [4.78, 5) is 0. The first kappa shape index (κ1) is 11.6. The van der Waals surface area contributed by atoms with Crippen molar-refractivity contribution in [1.29, 1.82) is 0 Å². The van der Waals surface area contributed by atoms with Gasteiger partial charge >= 0.3 is 10.3 Å². The van der Waals surface area contributed by atoms with Crippen molar-refractivity contribution in [1.82, 2.24) is 4.31 Å². The van der Waals surface area contributed by atoms with Gasteiger partial charge in [-0.25, -0.2) is 0 Å². The van der Waals surface area contributed by atoms with Crippen molar-refractivity contribution in [3.63, 3.8) is 0 Å². The quantitative estimate of drug-likeness (QED) is 0.618. The van der Waals surface area contributed by atoms with Crippen LogP contribution in [0.4, 0.5) is 0 Å². The van der Waals surface area contributed by atoms with Gasteiger partial charge in [-0.05, 0) is 0 Å². The number of halogens is 1. The maximum atomic E-state index is 11.0. The highest BCUT2D eigenvalue weighted by molar-refractivity contribution is 7.85. The molecule has 0 fully saturated rings. The molecule has 0 aromatic rings. The molecule has 0 aliphatic heterocycles. The maximum Gasteiger partial charge on any atom is 0.355 e. The molecule has 12 heavy (non-hydrogen) atoms. The first-order valence-electron chi connectivity index (χ1n) is 3.10. The van der Waals surface area contributed by atoms with Crippen LogP contribution >= 0.6 is 11.9 Å². The lowest BCUT2D eigenvalue weighted by atomic mass is 10.5. The van der Waals surface area contributed by atoms with Crippen LogP contribution in [0.15, 0.2) is 25.3 Å². The summed E-state index contributed by atoms with van der Waals surface area (Å²) in [6, 6.07) is 0. The standard InChI is InChI=1S/C6H10ClNO3S/c1-3-5-8(6-4-2)12(9,10)11-7/h3-4H,1-2,5-6H2. The lowest BCUT2D eigenvalue weighted by Crippen LogP contribution is -2.31. The molecule has 0 saturated carbocycles. The molecule has 0 N–H and O–H groups in total. The summed E-state index contributed by atoms with van der Waals surface area (Å²) in [6.07, 6.45) is 2.86. The summed E-state index contributed by atoms with van der Waals surface area (Å²) < 4.78 is 26.7.